The lowest BCUT2D eigenvalue weighted by molar-refractivity contribution is -0.138. The number of halogens is 3. The summed E-state index contributed by atoms with van der Waals surface area (Å²) >= 11 is 0. The van der Waals surface area contributed by atoms with Gasteiger partial charge in [-0.2, -0.15) is 18.3 Å². The fraction of sp³-hybridized carbons (Fsp3) is 0.667. The topological polar surface area (TPSA) is 29.9 Å². The first-order chi connectivity index (χ1) is 7.00. The maximum absolute atomic E-state index is 12.6. The van der Waals surface area contributed by atoms with Crippen molar-refractivity contribution in [3.05, 3.63) is 17.5 Å². The molecule has 1 aromatic heterocycles. The predicted molar refractivity (Wildman–Crippen MR) is 48.2 cm³/mol. The van der Waals surface area contributed by atoms with E-state index in [1.165, 1.54) is 4.68 Å². The number of aryl methyl sites for hydroxylation is 1. The zero-order chi connectivity index (χ0) is 11.1. The molecule has 0 radical (unpaired) electrons. The fourth-order valence-electron chi connectivity index (χ4n) is 2.00. The van der Waals surface area contributed by atoms with Gasteiger partial charge in [0.2, 0.25) is 0 Å². The third-order valence-electron chi connectivity index (χ3n) is 2.68. The number of nitrogens with zero attached hydrogens (tertiary/aromatic N) is 2. The van der Waals surface area contributed by atoms with Crippen molar-refractivity contribution in [2.75, 3.05) is 6.54 Å². The lowest BCUT2D eigenvalue weighted by atomic mass is 10.1. The fourth-order valence-corrected chi connectivity index (χ4v) is 2.00. The van der Waals surface area contributed by atoms with E-state index in [4.69, 9.17) is 0 Å². The first-order valence-corrected chi connectivity index (χ1v) is 4.82. The largest absolute Gasteiger partial charge is 0.419 e. The molecule has 1 unspecified atom stereocenters. The van der Waals surface area contributed by atoms with E-state index in [1.54, 1.807) is 7.05 Å². The van der Waals surface area contributed by atoms with Gasteiger partial charge in [0.05, 0.1) is 17.5 Å². The average molecular weight is 219 g/mol. The van der Waals surface area contributed by atoms with E-state index in [0.29, 0.717) is 0 Å². The molecule has 1 atom stereocenters. The first-order valence-electron chi connectivity index (χ1n) is 4.82. The Morgan fingerprint density at radius 1 is 1.53 bits per heavy atom. The molecular formula is C9H12F3N3. The van der Waals surface area contributed by atoms with Gasteiger partial charge in [0, 0.05) is 13.1 Å². The van der Waals surface area contributed by atoms with E-state index in [1.807, 2.05) is 0 Å². The van der Waals surface area contributed by atoms with Crippen LogP contribution in [0.15, 0.2) is 6.20 Å². The van der Waals surface area contributed by atoms with Crippen LogP contribution in [0.4, 0.5) is 13.2 Å². The number of rotatable bonds is 1. The Labute approximate surface area is 85.3 Å². The molecule has 1 N–H and O–H groups in total. The third kappa shape index (κ3) is 1.86. The van der Waals surface area contributed by atoms with Crippen molar-refractivity contribution >= 4 is 0 Å². The molecule has 15 heavy (non-hydrogen) atoms. The highest BCUT2D eigenvalue weighted by molar-refractivity contribution is 5.25. The summed E-state index contributed by atoms with van der Waals surface area (Å²) < 4.78 is 39.2. The van der Waals surface area contributed by atoms with Gasteiger partial charge in [-0.3, -0.25) is 4.68 Å². The van der Waals surface area contributed by atoms with Gasteiger partial charge < -0.3 is 5.32 Å². The van der Waals surface area contributed by atoms with Gasteiger partial charge in [-0.25, -0.2) is 0 Å². The van der Waals surface area contributed by atoms with E-state index in [9.17, 15) is 13.2 Å². The van der Waals surface area contributed by atoms with Gasteiger partial charge in [-0.05, 0) is 19.4 Å². The summed E-state index contributed by atoms with van der Waals surface area (Å²) in [7, 11) is 1.55. The summed E-state index contributed by atoms with van der Waals surface area (Å²) in [4.78, 5) is 0. The first kappa shape index (κ1) is 10.5. The van der Waals surface area contributed by atoms with Crippen LogP contribution in [0.5, 0.6) is 0 Å². The van der Waals surface area contributed by atoms with E-state index in [2.05, 4.69) is 10.4 Å². The van der Waals surface area contributed by atoms with Crippen LogP contribution in [-0.2, 0) is 13.2 Å². The van der Waals surface area contributed by atoms with Gasteiger partial charge >= 0.3 is 6.18 Å². The number of aromatic nitrogens is 2. The molecule has 2 heterocycles. The molecular weight excluding hydrogens is 207 g/mol. The Morgan fingerprint density at radius 2 is 2.27 bits per heavy atom. The second-order valence-corrected chi connectivity index (χ2v) is 3.71. The molecule has 0 spiro atoms. The number of hydrogen-bond donors (Lipinski definition) is 1. The minimum Gasteiger partial charge on any atom is -0.309 e. The van der Waals surface area contributed by atoms with Gasteiger partial charge in [-0.1, -0.05) is 0 Å². The molecule has 1 fully saturated rings. The molecule has 1 saturated heterocycles. The second-order valence-electron chi connectivity index (χ2n) is 3.71. The highest BCUT2D eigenvalue weighted by Gasteiger charge is 2.38. The molecule has 0 aromatic carbocycles. The zero-order valence-corrected chi connectivity index (χ0v) is 8.30. The van der Waals surface area contributed by atoms with Gasteiger partial charge in [0.1, 0.15) is 0 Å². The minimum absolute atomic E-state index is 0.214. The summed E-state index contributed by atoms with van der Waals surface area (Å²) in [6.07, 6.45) is -1.76. The van der Waals surface area contributed by atoms with Crippen LogP contribution in [0.25, 0.3) is 0 Å². The predicted octanol–water partition coefficient (Wildman–Crippen LogP) is 1.86. The summed E-state index contributed by atoms with van der Waals surface area (Å²) in [5, 5.41) is 6.74. The van der Waals surface area contributed by atoms with Crippen LogP contribution in [0.3, 0.4) is 0 Å². The van der Waals surface area contributed by atoms with Crippen LogP contribution >= 0.6 is 0 Å². The lowest BCUT2D eigenvalue weighted by Crippen LogP contribution is -2.20. The van der Waals surface area contributed by atoms with Crippen LogP contribution in [0.1, 0.15) is 30.1 Å². The highest BCUT2D eigenvalue weighted by Crippen LogP contribution is 2.36. The van der Waals surface area contributed by atoms with Gasteiger partial charge in [0.25, 0.3) is 0 Å². The molecule has 3 nitrogen and oxygen atoms in total. The maximum Gasteiger partial charge on any atom is 0.419 e. The van der Waals surface area contributed by atoms with E-state index in [0.717, 1.165) is 25.6 Å². The molecule has 6 heteroatoms. The minimum atomic E-state index is -4.31. The number of hydrogen-bond acceptors (Lipinski definition) is 2. The molecule has 1 aliphatic rings. The Bertz CT molecular complexity index is 350. The molecule has 0 amide bonds. The number of nitrogens with one attached hydrogen (secondary N) is 1. The van der Waals surface area contributed by atoms with E-state index >= 15 is 0 Å². The van der Waals surface area contributed by atoms with Crippen LogP contribution in [-0.4, -0.2) is 16.3 Å². The molecule has 0 aliphatic carbocycles. The van der Waals surface area contributed by atoms with Crippen molar-refractivity contribution in [2.24, 2.45) is 7.05 Å². The average Bonchev–Trinajstić information content (AvgIpc) is 2.69. The molecule has 1 aromatic rings. The third-order valence-corrected chi connectivity index (χ3v) is 2.68. The van der Waals surface area contributed by atoms with Crippen LogP contribution in [0, 0.1) is 0 Å². The highest BCUT2D eigenvalue weighted by atomic mass is 19.4. The van der Waals surface area contributed by atoms with Gasteiger partial charge in [0.15, 0.2) is 0 Å². The van der Waals surface area contributed by atoms with Crippen molar-refractivity contribution in [1.29, 1.82) is 0 Å². The van der Waals surface area contributed by atoms with Crippen LogP contribution < -0.4 is 5.32 Å². The molecule has 0 bridgehead atoms. The molecule has 1 aliphatic heterocycles. The van der Waals surface area contributed by atoms with Crippen molar-refractivity contribution in [1.82, 2.24) is 15.1 Å². The monoisotopic (exact) mass is 219 g/mol. The Morgan fingerprint density at radius 3 is 2.80 bits per heavy atom. The second kappa shape index (κ2) is 3.52. The Hall–Kier alpha value is -1.04. The van der Waals surface area contributed by atoms with Crippen molar-refractivity contribution < 1.29 is 13.2 Å². The van der Waals surface area contributed by atoms with Crippen LogP contribution in [0.2, 0.25) is 0 Å². The quantitative estimate of drug-likeness (QED) is 0.781. The van der Waals surface area contributed by atoms with Crippen molar-refractivity contribution in [3.8, 4) is 0 Å². The summed E-state index contributed by atoms with van der Waals surface area (Å²) in [6.45, 7) is 0.771. The van der Waals surface area contributed by atoms with Crippen molar-refractivity contribution in [2.45, 2.75) is 25.1 Å². The Kier molecular flexibility index (Phi) is 2.46. The van der Waals surface area contributed by atoms with Gasteiger partial charge in [-0.15, -0.1) is 0 Å². The normalized spacial score (nSPS) is 22.3. The van der Waals surface area contributed by atoms with E-state index < -0.39 is 11.7 Å². The SMILES string of the molecule is Cn1ncc(C(F)(F)F)c1C1CCCN1. The van der Waals surface area contributed by atoms with Crippen molar-refractivity contribution in [3.63, 3.8) is 0 Å². The maximum atomic E-state index is 12.6. The Balaban J connectivity index is 2.39. The lowest BCUT2D eigenvalue weighted by Gasteiger charge is -2.14. The zero-order valence-electron chi connectivity index (χ0n) is 8.30. The summed E-state index contributed by atoms with van der Waals surface area (Å²) in [6, 6.07) is -0.214. The summed E-state index contributed by atoms with van der Waals surface area (Å²) in [5.74, 6) is 0. The molecule has 2 rings (SSSR count). The standard InChI is InChI=1S/C9H12F3N3/c1-15-8(7-3-2-4-13-7)6(5-14-15)9(10,11)12/h5,7,13H,2-4H2,1H3. The molecule has 0 saturated carbocycles. The smallest absolute Gasteiger partial charge is 0.309 e. The summed E-state index contributed by atoms with van der Waals surface area (Å²) in [5.41, 5.74) is -0.371. The van der Waals surface area contributed by atoms with E-state index in [-0.39, 0.29) is 11.7 Å². The molecule has 84 valence electrons. The number of alkyl halides is 3.